The quantitative estimate of drug-likeness (QED) is 0.572. The first-order valence-corrected chi connectivity index (χ1v) is 10.9. The number of rotatable bonds is 5. The fourth-order valence-electron chi connectivity index (χ4n) is 4.43. The van der Waals surface area contributed by atoms with Gasteiger partial charge in [0, 0.05) is 5.56 Å². The second-order valence-electron chi connectivity index (χ2n) is 7.94. The summed E-state index contributed by atoms with van der Waals surface area (Å²) in [7, 11) is 1.56. The van der Waals surface area contributed by atoms with Gasteiger partial charge in [0.2, 0.25) is 0 Å². The van der Waals surface area contributed by atoms with Gasteiger partial charge >= 0.3 is 6.09 Å². The van der Waals surface area contributed by atoms with Crippen LogP contribution in [-0.4, -0.2) is 48.9 Å². The van der Waals surface area contributed by atoms with Gasteiger partial charge in [-0.1, -0.05) is 48.5 Å². The van der Waals surface area contributed by atoms with E-state index in [0.717, 1.165) is 10.5 Å². The van der Waals surface area contributed by atoms with Gasteiger partial charge in [0.25, 0.3) is 5.91 Å². The van der Waals surface area contributed by atoms with Crippen LogP contribution >= 0.6 is 0 Å². The Labute approximate surface area is 196 Å². The van der Waals surface area contributed by atoms with Gasteiger partial charge < -0.3 is 9.47 Å². The van der Waals surface area contributed by atoms with Gasteiger partial charge in [-0.3, -0.25) is 9.80 Å². The zero-order chi connectivity index (χ0) is 23.7. The Morgan fingerprint density at radius 1 is 1.03 bits per heavy atom. The van der Waals surface area contributed by atoms with Gasteiger partial charge in [-0.15, -0.1) is 0 Å². The summed E-state index contributed by atoms with van der Waals surface area (Å²) in [5.41, 5.74) is 2.65. The van der Waals surface area contributed by atoms with E-state index in [2.05, 4.69) is 0 Å². The molecule has 3 aromatic carbocycles. The Bertz CT molecular complexity index is 1250. The molecule has 1 saturated heterocycles. The minimum absolute atomic E-state index is 0.146. The van der Waals surface area contributed by atoms with Gasteiger partial charge in [-0.2, -0.15) is 5.10 Å². The molecule has 7 nitrogen and oxygen atoms in total. The summed E-state index contributed by atoms with van der Waals surface area (Å²) >= 11 is 0. The molecule has 3 aromatic rings. The zero-order valence-electron chi connectivity index (χ0n) is 18.4. The molecule has 2 atom stereocenters. The molecular formula is C26H22FN3O4. The Morgan fingerprint density at radius 3 is 2.41 bits per heavy atom. The van der Waals surface area contributed by atoms with E-state index in [0.29, 0.717) is 22.7 Å². The number of nitrogens with zero attached hydrogens (tertiary/aromatic N) is 3. The molecule has 0 radical (unpaired) electrons. The van der Waals surface area contributed by atoms with Crippen LogP contribution in [0.2, 0.25) is 0 Å². The highest BCUT2D eigenvalue weighted by Crippen LogP contribution is 2.41. The molecule has 2 aliphatic rings. The highest BCUT2D eigenvalue weighted by molar-refractivity contribution is 6.13. The second-order valence-corrected chi connectivity index (χ2v) is 7.94. The SMILES string of the molecule is COc1ccccc1[C@H]1C(c2ccc(F)cc2)=NN(c2ccccc2)[C@@H]1C(=O)N1CCOC1=O. The van der Waals surface area contributed by atoms with Crippen LogP contribution in [0.25, 0.3) is 0 Å². The molecule has 0 N–H and O–H groups in total. The smallest absolute Gasteiger partial charge is 0.416 e. The van der Waals surface area contributed by atoms with Crippen LogP contribution in [0.15, 0.2) is 84.0 Å². The molecule has 0 aliphatic carbocycles. The fourth-order valence-corrected chi connectivity index (χ4v) is 4.43. The van der Waals surface area contributed by atoms with Crippen molar-refractivity contribution in [3.05, 3.63) is 95.8 Å². The van der Waals surface area contributed by atoms with Crippen LogP contribution in [0.3, 0.4) is 0 Å². The van der Waals surface area contributed by atoms with Crippen LogP contribution in [0, 0.1) is 5.82 Å². The number of carbonyl (C=O) groups is 2. The van der Waals surface area contributed by atoms with Crippen molar-refractivity contribution in [3.63, 3.8) is 0 Å². The third-order valence-electron chi connectivity index (χ3n) is 6.00. The molecular weight excluding hydrogens is 437 g/mol. The van der Waals surface area contributed by atoms with Crippen LogP contribution in [0.1, 0.15) is 17.0 Å². The number of cyclic esters (lactones) is 1. The molecule has 1 fully saturated rings. The third-order valence-corrected chi connectivity index (χ3v) is 6.00. The van der Waals surface area contributed by atoms with Crippen molar-refractivity contribution >= 4 is 23.4 Å². The van der Waals surface area contributed by atoms with E-state index in [4.69, 9.17) is 14.6 Å². The molecule has 2 heterocycles. The molecule has 0 unspecified atom stereocenters. The maximum absolute atomic E-state index is 13.9. The van der Waals surface area contributed by atoms with E-state index >= 15 is 0 Å². The van der Waals surface area contributed by atoms with Crippen molar-refractivity contribution in [1.82, 2.24) is 4.90 Å². The average Bonchev–Trinajstić information content (AvgIpc) is 3.48. The highest BCUT2D eigenvalue weighted by atomic mass is 19.1. The Hall–Kier alpha value is -4.20. The number of methoxy groups -OCH3 is 1. The lowest BCUT2D eigenvalue weighted by atomic mass is 9.83. The molecule has 2 amide bonds. The topological polar surface area (TPSA) is 71.4 Å². The fraction of sp³-hybridized carbons (Fsp3) is 0.192. The summed E-state index contributed by atoms with van der Waals surface area (Å²) in [4.78, 5) is 27.3. The number of ether oxygens (including phenoxy) is 2. The van der Waals surface area contributed by atoms with E-state index in [1.165, 1.54) is 12.1 Å². The summed E-state index contributed by atoms with van der Waals surface area (Å²) in [5.74, 6) is -0.812. The van der Waals surface area contributed by atoms with E-state index in [9.17, 15) is 14.0 Å². The maximum Gasteiger partial charge on any atom is 0.416 e. The lowest BCUT2D eigenvalue weighted by Gasteiger charge is -2.30. The third kappa shape index (κ3) is 3.77. The first kappa shape index (κ1) is 21.6. The van der Waals surface area contributed by atoms with Crippen LogP contribution in [0.4, 0.5) is 14.9 Å². The summed E-state index contributed by atoms with van der Waals surface area (Å²) < 4.78 is 24.4. The zero-order valence-corrected chi connectivity index (χ0v) is 18.4. The molecule has 8 heteroatoms. The number of hydrogen-bond acceptors (Lipinski definition) is 6. The summed E-state index contributed by atoms with van der Waals surface area (Å²) in [6, 6.07) is 21.8. The predicted molar refractivity (Wildman–Crippen MR) is 124 cm³/mol. The Balaban J connectivity index is 1.71. The van der Waals surface area contributed by atoms with Crippen molar-refractivity contribution in [2.24, 2.45) is 5.10 Å². The van der Waals surface area contributed by atoms with Crippen LogP contribution < -0.4 is 9.75 Å². The number of hydrazone groups is 1. The largest absolute Gasteiger partial charge is 0.496 e. The van der Waals surface area contributed by atoms with Crippen molar-refractivity contribution in [2.45, 2.75) is 12.0 Å². The van der Waals surface area contributed by atoms with Crippen LogP contribution in [-0.2, 0) is 9.53 Å². The number of anilines is 1. The summed E-state index contributed by atoms with van der Waals surface area (Å²) in [5, 5.41) is 6.49. The lowest BCUT2D eigenvalue weighted by Crippen LogP contribution is -2.48. The number of hydrogen-bond donors (Lipinski definition) is 0. The Kier molecular flexibility index (Phi) is 5.71. The molecule has 0 saturated carbocycles. The minimum atomic E-state index is -0.885. The normalized spacial score (nSPS) is 19.7. The van der Waals surface area contributed by atoms with Gasteiger partial charge in [0.1, 0.15) is 24.2 Å². The maximum atomic E-state index is 13.9. The molecule has 172 valence electrons. The van der Waals surface area contributed by atoms with E-state index in [-0.39, 0.29) is 19.0 Å². The number of amides is 2. The molecule has 0 aromatic heterocycles. The summed E-state index contributed by atoms with van der Waals surface area (Å²) in [6.45, 7) is 0.314. The van der Waals surface area contributed by atoms with Crippen molar-refractivity contribution < 1.29 is 23.5 Å². The van der Waals surface area contributed by atoms with Crippen LogP contribution in [0.5, 0.6) is 5.75 Å². The molecule has 0 bridgehead atoms. The molecule has 34 heavy (non-hydrogen) atoms. The number of benzene rings is 3. The minimum Gasteiger partial charge on any atom is -0.496 e. The molecule has 5 rings (SSSR count). The van der Waals surface area contributed by atoms with Gasteiger partial charge in [-0.05, 0) is 35.9 Å². The van der Waals surface area contributed by atoms with Crippen molar-refractivity contribution in [2.75, 3.05) is 25.3 Å². The second kappa shape index (κ2) is 8.97. The highest BCUT2D eigenvalue weighted by Gasteiger charge is 2.48. The van der Waals surface area contributed by atoms with Crippen molar-refractivity contribution in [3.8, 4) is 5.75 Å². The predicted octanol–water partition coefficient (Wildman–Crippen LogP) is 4.19. The van der Waals surface area contributed by atoms with Crippen molar-refractivity contribution in [1.29, 1.82) is 0 Å². The number of halogens is 1. The number of carbonyl (C=O) groups excluding carboxylic acids is 2. The monoisotopic (exact) mass is 459 g/mol. The van der Waals surface area contributed by atoms with E-state index < -0.39 is 24.0 Å². The summed E-state index contributed by atoms with van der Waals surface area (Å²) in [6.07, 6.45) is -0.674. The first-order valence-electron chi connectivity index (χ1n) is 10.9. The standard InChI is InChI=1S/C26H22FN3O4/c1-33-21-10-6-5-9-20(21)22-23(17-11-13-18(27)14-12-17)28-30(19-7-3-2-4-8-19)24(22)25(31)29-15-16-34-26(29)32/h2-14,22,24H,15-16H2,1H3/t22-,24-/m0/s1. The van der Waals surface area contributed by atoms with E-state index in [1.54, 1.807) is 24.3 Å². The number of para-hydroxylation sites is 2. The van der Waals surface area contributed by atoms with Gasteiger partial charge in [0.15, 0.2) is 0 Å². The van der Waals surface area contributed by atoms with E-state index in [1.807, 2.05) is 54.6 Å². The van der Waals surface area contributed by atoms with Gasteiger partial charge in [0.05, 0.1) is 31.0 Å². The Morgan fingerprint density at radius 2 is 1.74 bits per heavy atom. The lowest BCUT2D eigenvalue weighted by molar-refractivity contribution is -0.129. The molecule has 2 aliphatic heterocycles. The van der Waals surface area contributed by atoms with Gasteiger partial charge in [-0.25, -0.2) is 14.1 Å². The first-order chi connectivity index (χ1) is 16.6. The average molecular weight is 459 g/mol. The molecule has 0 spiro atoms. The number of imide groups is 1.